The number of hydrogen-bond acceptors (Lipinski definition) is 5. The smallest absolute Gasteiger partial charge is 0.290 e. The van der Waals surface area contributed by atoms with Gasteiger partial charge in [0.05, 0.1) is 30.7 Å². The predicted octanol–water partition coefficient (Wildman–Crippen LogP) is 3.65. The molecule has 3 aromatic rings. The molecule has 2 aromatic carbocycles. The molecule has 7 heteroatoms. The minimum Gasteiger partial charge on any atom is -0.497 e. The molecule has 1 atom stereocenters. The fraction of sp³-hybridized carbons (Fsp3) is 0.238. The van der Waals surface area contributed by atoms with E-state index in [4.69, 9.17) is 25.5 Å². The number of rotatable bonds is 5. The molecule has 1 amide bonds. The van der Waals surface area contributed by atoms with Crippen LogP contribution < -0.4 is 10.2 Å². The number of nitrogens with zero attached hydrogens (tertiary/aromatic N) is 1. The molecule has 144 valence electrons. The Hall–Kier alpha value is -2.83. The van der Waals surface area contributed by atoms with Crippen molar-refractivity contribution in [1.82, 2.24) is 4.90 Å². The molecule has 2 heterocycles. The third kappa shape index (κ3) is 2.95. The minimum absolute atomic E-state index is 0.0572. The Morgan fingerprint density at radius 2 is 1.86 bits per heavy atom. The highest BCUT2D eigenvalue weighted by molar-refractivity contribution is 6.30. The molecule has 0 saturated heterocycles. The van der Waals surface area contributed by atoms with Gasteiger partial charge >= 0.3 is 0 Å². The van der Waals surface area contributed by atoms with E-state index in [0.29, 0.717) is 40.5 Å². The van der Waals surface area contributed by atoms with Crippen LogP contribution in [0.4, 0.5) is 0 Å². The van der Waals surface area contributed by atoms with Gasteiger partial charge in [-0.2, -0.15) is 0 Å². The molecule has 0 saturated carbocycles. The van der Waals surface area contributed by atoms with E-state index in [1.165, 1.54) is 7.11 Å². The Balaban J connectivity index is 1.95. The number of methoxy groups -OCH3 is 2. The zero-order valence-corrected chi connectivity index (χ0v) is 16.2. The van der Waals surface area contributed by atoms with Crippen LogP contribution in [0, 0.1) is 0 Å². The van der Waals surface area contributed by atoms with Gasteiger partial charge in [0, 0.05) is 24.7 Å². The van der Waals surface area contributed by atoms with Crippen LogP contribution in [0.1, 0.15) is 27.7 Å². The lowest BCUT2D eigenvalue weighted by atomic mass is 9.98. The van der Waals surface area contributed by atoms with Crippen molar-refractivity contribution in [3.63, 3.8) is 0 Å². The van der Waals surface area contributed by atoms with Crippen molar-refractivity contribution in [2.45, 2.75) is 6.04 Å². The van der Waals surface area contributed by atoms with Crippen LogP contribution >= 0.6 is 11.6 Å². The van der Waals surface area contributed by atoms with E-state index in [1.807, 2.05) is 12.1 Å². The van der Waals surface area contributed by atoms with Crippen molar-refractivity contribution in [1.29, 1.82) is 0 Å². The average Bonchev–Trinajstić information content (AvgIpc) is 2.99. The summed E-state index contributed by atoms with van der Waals surface area (Å²) in [5.74, 6) is 0.266. The van der Waals surface area contributed by atoms with Gasteiger partial charge < -0.3 is 18.8 Å². The van der Waals surface area contributed by atoms with E-state index in [9.17, 15) is 9.59 Å². The molecule has 1 aliphatic heterocycles. The van der Waals surface area contributed by atoms with Gasteiger partial charge in [-0.25, -0.2) is 0 Å². The molecule has 6 nitrogen and oxygen atoms in total. The third-order valence-electron chi connectivity index (χ3n) is 4.90. The van der Waals surface area contributed by atoms with Crippen LogP contribution in [-0.4, -0.2) is 38.2 Å². The van der Waals surface area contributed by atoms with E-state index < -0.39 is 6.04 Å². The Morgan fingerprint density at radius 3 is 2.54 bits per heavy atom. The van der Waals surface area contributed by atoms with Crippen LogP contribution in [0.15, 0.2) is 51.7 Å². The highest BCUT2D eigenvalue weighted by atomic mass is 35.5. The summed E-state index contributed by atoms with van der Waals surface area (Å²) in [5, 5.41) is 0.981. The lowest BCUT2D eigenvalue weighted by Gasteiger charge is -2.24. The van der Waals surface area contributed by atoms with Crippen molar-refractivity contribution in [2.24, 2.45) is 0 Å². The fourth-order valence-corrected chi connectivity index (χ4v) is 3.66. The lowest BCUT2D eigenvalue weighted by Crippen LogP contribution is -2.32. The molecular weight excluding hydrogens is 382 g/mol. The number of amides is 1. The first kappa shape index (κ1) is 18.5. The minimum atomic E-state index is -0.558. The van der Waals surface area contributed by atoms with Crippen molar-refractivity contribution >= 4 is 28.5 Å². The molecule has 0 aliphatic carbocycles. The van der Waals surface area contributed by atoms with E-state index in [0.717, 1.165) is 5.56 Å². The monoisotopic (exact) mass is 399 g/mol. The highest BCUT2D eigenvalue weighted by Gasteiger charge is 2.42. The Bertz CT molecular complexity index is 1110. The topological polar surface area (TPSA) is 69.0 Å². The first-order chi connectivity index (χ1) is 13.5. The van der Waals surface area contributed by atoms with Crippen molar-refractivity contribution in [3.05, 3.63) is 74.6 Å². The van der Waals surface area contributed by atoms with Crippen molar-refractivity contribution in [2.75, 3.05) is 27.4 Å². The number of halogens is 1. The van der Waals surface area contributed by atoms with E-state index in [-0.39, 0.29) is 17.1 Å². The number of carbonyl (C=O) groups excluding carboxylic acids is 1. The lowest BCUT2D eigenvalue weighted by molar-refractivity contribution is 0.0663. The molecule has 1 unspecified atom stereocenters. The zero-order chi connectivity index (χ0) is 19.8. The second kappa shape index (κ2) is 7.30. The van der Waals surface area contributed by atoms with Crippen molar-refractivity contribution < 1.29 is 18.7 Å². The first-order valence-electron chi connectivity index (χ1n) is 8.75. The molecular formula is C21H18ClNO5. The molecule has 4 rings (SSSR count). The van der Waals surface area contributed by atoms with Crippen LogP contribution in [0.5, 0.6) is 5.75 Å². The standard InChI is InChI=1S/C21H18ClNO5/c1-26-10-9-23-18(12-3-5-13(22)6-4-12)17-19(24)15-8-7-14(27-2)11-16(15)28-20(17)21(23)25/h3-8,11,18H,9-10H2,1-2H3. The summed E-state index contributed by atoms with van der Waals surface area (Å²) in [5.41, 5.74) is 1.21. The summed E-state index contributed by atoms with van der Waals surface area (Å²) in [6.07, 6.45) is 0. The second-order valence-corrected chi connectivity index (χ2v) is 6.92. The normalized spacial score (nSPS) is 15.9. The molecule has 28 heavy (non-hydrogen) atoms. The first-order valence-corrected chi connectivity index (χ1v) is 9.13. The highest BCUT2D eigenvalue weighted by Crippen LogP contribution is 2.38. The largest absolute Gasteiger partial charge is 0.497 e. The zero-order valence-electron chi connectivity index (χ0n) is 15.4. The van der Waals surface area contributed by atoms with Gasteiger partial charge in [-0.1, -0.05) is 23.7 Å². The van der Waals surface area contributed by atoms with Crippen LogP contribution in [-0.2, 0) is 4.74 Å². The van der Waals surface area contributed by atoms with E-state index in [2.05, 4.69) is 0 Å². The van der Waals surface area contributed by atoms with Crippen molar-refractivity contribution in [3.8, 4) is 5.75 Å². The summed E-state index contributed by atoms with van der Waals surface area (Å²) < 4.78 is 16.2. The van der Waals surface area contributed by atoms with Crippen LogP contribution in [0.25, 0.3) is 11.0 Å². The van der Waals surface area contributed by atoms with Gasteiger partial charge in [-0.15, -0.1) is 0 Å². The molecule has 0 spiro atoms. The quantitative estimate of drug-likeness (QED) is 0.655. The van der Waals surface area contributed by atoms with Gasteiger partial charge in [0.1, 0.15) is 11.3 Å². The summed E-state index contributed by atoms with van der Waals surface area (Å²) in [7, 11) is 3.09. The SMILES string of the molecule is COCCN1C(=O)c2oc3cc(OC)ccc3c(=O)c2C1c1ccc(Cl)cc1. The molecule has 0 N–H and O–H groups in total. The maximum absolute atomic E-state index is 13.3. The van der Waals surface area contributed by atoms with Gasteiger partial charge in [0.2, 0.25) is 5.76 Å². The predicted molar refractivity (Wildman–Crippen MR) is 105 cm³/mol. The number of hydrogen-bond donors (Lipinski definition) is 0. The molecule has 0 radical (unpaired) electrons. The number of ether oxygens (including phenoxy) is 2. The Labute approximate surface area is 166 Å². The number of fused-ring (bicyclic) bond motifs is 2. The van der Waals surface area contributed by atoms with Gasteiger partial charge in [-0.05, 0) is 29.8 Å². The summed E-state index contributed by atoms with van der Waals surface area (Å²) >= 11 is 6.01. The summed E-state index contributed by atoms with van der Waals surface area (Å²) in [6.45, 7) is 0.664. The second-order valence-electron chi connectivity index (χ2n) is 6.48. The maximum atomic E-state index is 13.3. The third-order valence-corrected chi connectivity index (χ3v) is 5.15. The van der Waals surface area contributed by atoms with Crippen LogP contribution in [0.2, 0.25) is 5.02 Å². The van der Waals surface area contributed by atoms with E-state index >= 15 is 0 Å². The summed E-state index contributed by atoms with van der Waals surface area (Å²) in [4.78, 5) is 28.0. The van der Waals surface area contributed by atoms with Gasteiger partial charge in [-0.3, -0.25) is 9.59 Å². The molecule has 0 bridgehead atoms. The Kier molecular flexibility index (Phi) is 4.83. The average molecular weight is 400 g/mol. The fourth-order valence-electron chi connectivity index (χ4n) is 3.54. The van der Waals surface area contributed by atoms with Gasteiger partial charge in [0.15, 0.2) is 5.43 Å². The van der Waals surface area contributed by atoms with Crippen LogP contribution in [0.3, 0.4) is 0 Å². The molecule has 1 aromatic heterocycles. The van der Waals surface area contributed by atoms with Gasteiger partial charge in [0.25, 0.3) is 5.91 Å². The molecule has 1 aliphatic rings. The number of benzene rings is 2. The summed E-state index contributed by atoms with van der Waals surface area (Å²) in [6, 6.07) is 11.5. The molecule has 0 fully saturated rings. The Morgan fingerprint density at radius 1 is 1.11 bits per heavy atom. The maximum Gasteiger partial charge on any atom is 0.290 e. The van der Waals surface area contributed by atoms with E-state index in [1.54, 1.807) is 42.3 Å². The number of carbonyl (C=O) groups is 1.